The summed E-state index contributed by atoms with van der Waals surface area (Å²) < 4.78 is 17.8. The molecule has 0 saturated carbocycles. The molecule has 0 spiro atoms. The Bertz CT molecular complexity index is 1100. The number of nitrogens with one attached hydrogen (secondary N) is 1. The maximum Gasteiger partial charge on any atom is 0.254 e. The van der Waals surface area contributed by atoms with E-state index in [1.807, 2.05) is 4.90 Å². The van der Waals surface area contributed by atoms with Crippen molar-refractivity contribution in [2.24, 2.45) is 18.9 Å². The molecule has 1 unspecified atom stereocenters. The minimum atomic E-state index is -0.404. The summed E-state index contributed by atoms with van der Waals surface area (Å²) in [6.07, 6.45) is 4.99. The number of hydrogen-bond acceptors (Lipinski definition) is 7. The van der Waals surface area contributed by atoms with Gasteiger partial charge in [-0.3, -0.25) is 19.1 Å². The number of piperidine rings is 1. The van der Waals surface area contributed by atoms with Crippen molar-refractivity contribution in [1.82, 2.24) is 20.0 Å². The van der Waals surface area contributed by atoms with Gasteiger partial charge in [-0.25, -0.2) is 0 Å². The molecule has 11 nitrogen and oxygen atoms in total. The molecule has 1 N–H and O–H groups in total. The molecule has 2 aromatic rings. The normalized spacial score (nSPS) is 18.3. The third kappa shape index (κ3) is 5.24. The number of carbonyl (C=O) groups excluding carboxylic acids is 3. The molecule has 0 radical (unpaired) electrons. The van der Waals surface area contributed by atoms with Gasteiger partial charge in [-0.05, 0) is 18.8 Å². The smallest absolute Gasteiger partial charge is 0.254 e. The molecule has 3 amide bonds. The zero-order valence-corrected chi connectivity index (χ0v) is 21.2. The number of rotatable bonds is 8. The molecule has 2 fully saturated rings. The third-order valence-corrected chi connectivity index (χ3v) is 6.88. The fourth-order valence-electron chi connectivity index (χ4n) is 4.84. The number of benzene rings is 1. The molecule has 2 saturated heterocycles. The Labute approximate surface area is 210 Å². The van der Waals surface area contributed by atoms with Crippen LogP contribution in [0.5, 0.6) is 17.2 Å². The van der Waals surface area contributed by atoms with E-state index in [0.717, 1.165) is 12.8 Å². The summed E-state index contributed by atoms with van der Waals surface area (Å²) in [6.45, 7) is 2.09. The van der Waals surface area contributed by atoms with Crippen LogP contribution in [-0.4, -0.2) is 79.9 Å². The fraction of sp³-hybridized carbons (Fsp3) is 0.520. The molecule has 194 valence electrons. The fourth-order valence-corrected chi connectivity index (χ4v) is 4.84. The van der Waals surface area contributed by atoms with Crippen LogP contribution in [0.3, 0.4) is 0 Å². The van der Waals surface area contributed by atoms with Crippen LogP contribution in [0.4, 0.5) is 5.69 Å². The van der Waals surface area contributed by atoms with Crippen LogP contribution < -0.4 is 24.4 Å². The SMILES string of the molecule is COc1cc(N2CC(C(=O)N3CCC(CNC(=O)c4cnn(C)c4)CC3)CC2=O)cc(OC)c1OC. The molecular weight excluding hydrogens is 466 g/mol. The predicted molar refractivity (Wildman–Crippen MR) is 131 cm³/mol. The van der Waals surface area contributed by atoms with E-state index in [1.54, 1.807) is 41.2 Å². The molecular formula is C25H33N5O6. The summed E-state index contributed by atoms with van der Waals surface area (Å²) in [6, 6.07) is 3.44. The standard InChI is InChI=1S/C25H33N5O6/c1-28-14-18(13-27-28)24(32)26-12-16-5-7-29(8-6-16)25(33)17-9-22(31)30(15-17)19-10-20(34-2)23(36-4)21(11-19)35-3/h10-11,13-14,16-17H,5-9,12,15H2,1-4H3,(H,26,32). The number of amides is 3. The molecule has 36 heavy (non-hydrogen) atoms. The average Bonchev–Trinajstić information content (AvgIpc) is 3.51. The van der Waals surface area contributed by atoms with Crippen LogP contribution in [0.25, 0.3) is 0 Å². The van der Waals surface area contributed by atoms with Gasteiger partial charge in [0, 0.05) is 58.0 Å². The van der Waals surface area contributed by atoms with Crippen molar-refractivity contribution in [2.45, 2.75) is 19.3 Å². The van der Waals surface area contributed by atoms with Gasteiger partial charge in [0.2, 0.25) is 17.6 Å². The summed E-state index contributed by atoms with van der Waals surface area (Å²) in [5, 5.41) is 6.98. The van der Waals surface area contributed by atoms with Crippen molar-refractivity contribution in [3.63, 3.8) is 0 Å². The monoisotopic (exact) mass is 499 g/mol. The second-order valence-corrected chi connectivity index (χ2v) is 9.17. The van der Waals surface area contributed by atoms with E-state index in [9.17, 15) is 14.4 Å². The average molecular weight is 500 g/mol. The highest BCUT2D eigenvalue weighted by Crippen LogP contribution is 2.42. The van der Waals surface area contributed by atoms with E-state index in [2.05, 4.69) is 10.4 Å². The maximum absolute atomic E-state index is 13.2. The molecule has 0 bridgehead atoms. The van der Waals surface area contributed by atoms with Gasteiger partial charge in [0.25, 0.3) is 5.91 Å². The summed E-state index contributed by atoms with van der Waals surface area (Å²) in [5.74, 6) is 0.987. The first kappa shape index (κ1) is 25.3. The Morgan fingerprint density at radius 2 is 1.75 bits per heavy atom. The lowest BCUT2D eigenvalue weighted by molar-refractivity contribution is -0.137. The number of aryl methyl sites for hydroxylation is 1. The van der Waals surface area contributed by atoms with Gasteiger partial charge >= 0.3 is 0 Å². The Morgan fingerprint density at radius 1 is 1.08 bits per heavy atom. The first-order valence-corrected chi connectivity index (χ1v) is 12.0. The van der Waals surface area contributed by atoms with E-state index < -0.39 is 5.92 Å². The molecule has 1 atom stereocenters. The lowest BCUT2D eigenvalue weighted by Crippen LogP contribution is -2.44. The topological polar surface area (TPSA) is 115 Å². The number of hydrogen-bond donors (Lipinski definition) is 1. The van der Waals surface area contributed by atoms with Gasteiger partial charge in [0.15, 0.2) is 11.5 Å². The lowest BCUT2D eigenvalue weighted by atomic mass is 9.95. The van der Waals surface area contributed by atoms with Gasteiger partial charge in [-0.1, -0.05) is 0 Å². The third-order valence-electron chi connectivity index (χ3n) is 6.88. The number of likely N-dealkylation sites (tertiary alicyclic amines) is 1. The first-order valence-electron chi connectivity index (χ1n) is 12.0. The van der Waals surface area contributed by atoms with Crippen LogP contribution >= 0.6 is 0 Å². The number of carbonyl (C=O) groups is 3. The van der Waals surface area contributed by atoms with Gasteiger partial charge in [0.1, 0.15) is 0 Å². The van der Waals surface area contributed by atoms with E-state index in [4.69, 9.17) is 14.2 Å². The largest absolute Gasteiger partial charge is 0.493 e. The maximum atomic E-state index is 13.2. The molecule has 0 aliphatic carbocycles. The first-order chi connectivity index (χ1) is 17.3. The Morgan fingerprint density at radius 3 is 2.31 bits per heavy atom. The minimum absolute atomic E-state index is 0.00358. The van der Waals surface area contributed by atoms with Crippen LogP contribution in [0.15, 0.2) is 24.5 Å². The minimum Gasteiger partial charge on any atom is -0.493 e. The van der Waals surface area contributed by atoms with E-state index in [1.165, 1.54) is 21.3 Å². The number of nitrogens with zero attached hydrogens (tertiary/aromatic N) is 4. The Kier molecular flexibility index (Phi) is 7.66. The molecule has 2 aliphatic heterocycles. The van der Waals surface area contributed by atoms with Gasteiger partial charge in [-0.2, -0.15) is 5.10 Å². The summed E-state index contributed by atoms with van der Waals surface area (Å²) in [4.78, 5) is 41.8. The Hall–Kier alpha value is -3.76. The summed E-state index contributed by atoms with van der Waals surface area (Å²) in [5.41, 5.74) is 1.14. The highest BCUT2D eigenvalue weighted by Gasteiger charge is 2.38. The molecule has 11 heteroatoms. The number of ether oxygens (including phenoxy) is 3. The van der Waals surface area contributed by atoms with E-state index in [-0.39, 0.29) is 24.1 Å². The van der Waals surface area contributed by atoms with Crippen LogP contribution in [-0.2, 0) is 16.6 Å². The quantitative estimate of drug-likeness (QED) is 0.585. The zero-order valence-electron chi connectivity index (χ0n) is 21.2. The van der Waals surface area contributed by atoms with Crippen LogP contribution in [0.1, 0.15) is 29.6 Å². The molecule has 1 aromatic carbocycles. The second kappa shape index (κ2) is 10.9. The molecule has 1 aromatic heterocycles. The summed E-state index contributed by atoms with van der Waals surface area (Å²) >= 11 is 0. The zero-order chi connectivity index (χ0) is 25.8. The highest BCUT2D eigenvalue weighted by molar-refractivity contribution is 6.00. The van der Waals surface area contributed by atoms with Crippen LogP contribution in [0, 0.1) is 11.8 Å². The number of aromatic nitrogens is 2. The lowest BCUT2D eigenvalue weighted by Gasteiger charge is -2.33. The van der Waals surface area contributed by atoms with Crippen molar-refractivity contribution < 1.29 is 28.6 Å². The number of methoxy groups -OCH3 is 3. The van der Waals surface area contributed by atoms with Crippen molar-refractivity contribution in [3.05, 3.63) is 30.1 Å². The van der Waals surface area contributed by atoms with Crippen LogP contribution in [0.2, 0.25) is 0 Å². The van der Waals surface area contributed by atoms with Crippen molar-refractivity contribution in [1.29, 1.82) is 0 Å². The van der Waals surface area contributed by atoms with Gasteiger partial charge < -0.3 is 29.3 Å². The summed E-state index contributed by atoms with van der Waals surface area (Å²) in [7, 11) is 6.33. The van der Waals surface area contributed by atoms with Crippen molar-refractivity contribution in [3.8, 4) is 17.2 Å². The van der Waals surface area contributed by atoms with E-state index in [0.29, 0.717) is 60.6 Å². The van der Waals surface area contributed by atoms with Gasteiger partial charge in [0.05, 0.1) is 44.7 Å². The molecule has 2 aliphatic rings. The predicted octanol–water partition coefficient (Wildman–Crippen LogP) is 1.47. The Balaban J connectivity index is 1.32. The van der Waals surface area contributed by atoms with E-state index >= 15 is 0 Å². The molecule has 3 heterocycles. The molecule has 4 rings (SSSR count). The van der Waals surface area contributed by atoms with Gasteiger partial charge in [-0.15, -0.1) is 0 Å². The van der Waals surface area contributed by atoms with Crippen molar-refractivity contribution >= 4 is 23.4 Å². The van der Waals surface area contributed by atoms with Crippen molar-refractivity contribution in [2.75, 3.05) is 52.4 Å². The number of anilines is 1. The second-order valence-electron chi connectivity index (χ2n) is 9.17. The highest BCUT2D eigenvalue weighted by atomic mass is 16.5.